The number of nitrogens with zero attached hydrogens (tertiary/aromatic N) is 1. The largest absolute Gasteiger partial charge is 0.320 e. The van der Waals surface area contributed by atoms with Crippen LogP contribution in [0.1, 0.15) is 16.7 Å². The smallest absolute Gasteiger partial charge is 0.266 e. The van der Waals surface area contributed by atoms with Crippen molar-refractivity contribution >= 4 is 29.3 Å². The number of para-hydroxylation sites is 1. The van der Waals surface area contributed by atoms with Crippen LogP contribution in [0.5, 0.6) is 0 Å². The van der Waals surface area contributed by atoms with Gasteiger partial charge in [-0.25, -0.2) is 4.39 Å². The van der Waals surface area contributed by atoms with Crippen LogP contribution in [0.3, 0.4) is 0 Å². The quantitative estimate of drug-likeness (QED) is 0.454. The Bertz CT molecular complexity index is 1070. The molecule has 138 valence electrons. The Kier molecular flexibility index (Phi) is 6.21. The highest BCUT2D eigenvalue weighted by Gasteiger charge is 2.11. The minimum absolute atomic E-state index is 0.0400. The lowest BCUT2D eigenvalue weighted by Crippen LogP contribution is -2.13. The van der Waals surface area contributed by atoms with E-state index in [4.69, 9.17) is 11.6 Å². The number of hydrogen-bond donors (Lipinski definition) is 1. The molecule has 1 amide bonds. The van der Waals surface area contributed by atoms with Crippen molar-refractivity contribution in [2.24, 2.45) is 0 Å². The first kappa shape index (κ1) is 19.3. The van der Waals surface area contributed by atoms with Crippen LogP contribution in [0.15, 0.2) is 78.4 Å². The maximum Gasteiger partial charge on any atom is 0.266 e. The molecule has 0 heterocycles. The number of carbonyl (C=O) groups excluding carboxylic acids is 1. The Morgan fingerprint density at radius 2 is 1.71 bits per heavy atom. The zero-order chi connectivity index (χ0) is 19.9. The molecule has 3 nitrogen and oxygen atoms in total. The van der Waals surface area contributed by atoms with E-state index in [0.717, 1.165) is 5.56 Å². The zero-order valence-electron chi connectivity index (χ0n) is 14.8. The highest BCUT2D eigenvalue weighted by molar-refractivity contribution is 6.34. The van der Waals surface area contributed by atoms with Crippen LogP contribution in [0.4, 0.5) is 10.1 Å². The highest BCUT2D eigenvalue weighted by Crippen LogP contribution is 2.21. The van der Waals surface area contributed by atoms with Crippen molar-refractivity contribution in [2.75, 3.05) is 5.32 Å². The van der Waals surface area contributed by atoms with Crippen LogP contribution >= 0.6 is 11.6 Å². The summed E-state index contributed by atoms with van der Waals surface area (Å²) in [5.41, 5.74) is 2.64. The minimum atomic E-state index is -0.536. The van der Waals surface area contributed by atoms with Gasteiger partial charge >= 0.3 is 0 Å². The molecule has 0 atom stereocenters. The second-order valence-corrected chi connectivity index (χ2v) is 6.52. The van der Waals surface area contributed by atoms with Crippen LogP contribution in [0.2, 0.25) is 5.02 Å². The SMILES string of the molecule is N#C/C(=C\c1ccc(Cc2ccccc2F)cc1)C(=O)Nc1ccccc1Cl. The van der Waals surface area contributed by atoms with Crippen molar-refractivity contribution in [3.8, 4) is 6.07 Å². The number of nitriles is 1. The molecule has 0 saturated carbocycles. The van der Waals surface area contributed by atoms with Crippen LogP contribution in [0, 0.1) is 17.1 Å². The summed E-state index contributed by atoms with van der Waals surface area (Å²) in [4.78, 5) is 12.3. The van der Waals surface area contributed by atoms with Crippen LogP contribution in [-0.4, -0.2) is 5.91 Å². The van der Waals surface area contributed by atoms with Crippen LogP contribution in [0.25, 0.3) is 6.08 Å². The number of anilines is 1. The van der Waals surface area contributed by atoms with Gasteiger partial charge in [0.15, 0.2) is 0 Å². The van der Waals surface area contributed by atoms with E-state index in [9.17, 15) is 14.4 Å². The number of rotatable bonds is 5. The summed E-state index contributed by atoms with van der Waals surface area (Å²) in [6.45, 7) is 0. The van der Waals surface area contributed by atoms with Crippen molar-refractivity contribution in [2.45, 2.75) is 6.42 Å². The predicted molar refractivity (Wildman–Crippen MR) is 109 cm³/mol. The van der Waals surface area contributed by atoms with Gasteiger partial charge in [0.1, 0.15) is 17.5 Å². The van der Waals surface area contributed by atoms with Gasteiger partial charge < -0.3 is 5.32 Å². The lowest BCUT2D eigenvalue weighted by Gasteiger charge is -2.06. The van der Waals surface area contributed by atoms with Crippen LogP contribution < -0.4 is 5.32 Å². The van der Waals surface area contributed by atoms with E-state index in [2.05, 4.69) is 5.32 Å². The number of carbonyl (C=O) groups is 1. The van der Waals surface area contributed by atoms with Crippen molar-refractivity contribution < 1.29 is 9.18 Å². The van der Waals surface area contributed by atoms with Gasteiger partial charge in [0, 0.05) is 6.42 Å². The van der Waals surface area contributed by atoms with Crippen molar-refractivity contribution in [1.82, 2.24) is 0 Å². The molecular weight excluding hydrogens is 375 g/mol. The summed E-state index contributed by atoms with van der Waals surface area (Å²) in [5, 5.41) is 12.4. The molecule has 3 aromatic carbocycles. The van der Waals surface area contributed by atoms with Gasteiger partial charge in [0.25, 0.3) is 5.91 Å². The zero-order valence-corrected chi connectivity index (χ0v) is 15.6. The van der Waals surface area contributed by atoms with Crippen molar-refractivity contribution in [1.29, 1.82) is 5.26 Å². The molecule has 0 spiro atoms. The fraction of sp³-hybridized carbons (Fsp3) is 0.0435. The maximum atomic E-state index is 13.8. The second kappa shape index (κ2) is 8.98. The van der Waals surface area contributed by atoms with E-state index in [1.807, 2.05) is 18.2 Å². The molecule has 0 radical (unpaired) electrons. The number of hydrogen-bond acceptors (Lipinski definition) is 2. The molecule has 1 N–H and O–H groups in total. The Balaban J connectivity index is 1.74. The van der Waals surface area contributed by atoms with E-state index >= 15 is 0 Å². The summed E-state index contributed by atoms with van der Waals surface area (Å²) < 4.78 is 13.8. The molecule has 0 aliphatic rings. The van der Waals surface area contributed by atoms with Gasteiger partial charge in [0.2, 0.25) is 0 Å². The number of amides is 1. The van der Waals surface area contributed by atoms with E-state index in [1.54, 1.807) is 54.6 Å². The number of halogens is 2. The summed E-state index contributed by atoms with van der Waals surface area (Å²) in [6, 6.07) is 22.6. The van der Waals surface area contributed by atoms with E-state index in [1.165, 1.54) is 12.1 Å². The normalized spacial score (nSPS) is 11.0. The molecular formula is C23H16ClFN2O. The Hall–Kier alpha value is -3.42. The van der Waals surface area contributed by atoms with Gasteiger partial charge in [-0.15, -0.1) is 0 Å². The summed E-state index contributed by atoms with van der Waals surface area (Å²) in [5.74, 6) is -0.777. The van der Waals surface area contributed by atoms with Gasteiger partial charge in [-0.3, -0.25) is 4.79 Å². The highest BCUT2D eigenvalue weighted by atomic mass is 35.5. The first-order chi connectivity index (χ1) is 13.6. The first-order valence-corrected chi connectivity index (χ1v) is 8.94. The molecule has 0 aliphatic carbocycles. The van der Waals surface area contributed by atoms with E-state index in [0.29, 0.717) is 28.3 Å². The second-order valence-electron chi connectivity index (χ2n) is 6.11. The average Bonchev–Trinajstić information content (AvgIpc) is 2.70. The Morgan fingerprint density at radius 1 is 1.04 bits per heavy atom. The molecule has 0 saturated heterocycles. The monoisotopic (exact) mass is 390 g/mol. The summed E-state index contributed by atoms with van der Waals surface area (Å²) in [7, 11) is 0. The van der Waals surface area contributed by atoms with E-state index in [-0.39, 0.29) is 11.4 Å². The first-order valence-electron chi connectivity index (χ1n) is 8.57. The van der Waals surface area contributed by atoms with E-state index < -0.39 is 5.91 Å². The summed E-state index contributed by atoms with van der Waals surface area (Å²) >= 11 is 6.03. The fourth-order valence-electron chi connectivity index (χ4n) is 2.66. The molecule has 0 aromatic heterocycles. The van der Waals surface area contributed by atoms with Gasteiger partial charge in [-0.05, 0) is 41.0 Å². The standard InChI is InChI=1S/C23H16ClFN2O/c24-20-6-2-4-8-22(20)27-23(28)19(15-26)14-17-11-9-16(10-12-17)13-18-5-1-3-7-21(18)25/h1-12,14H,13H2,(H,27,28)/b19-14+. The third kappa shape index (κ3) is 4.85. The molecule has 0 bridgehead atoms. The van der Waals surface area contributed by atoms with Crippen molar-refractivity contribution in [3.05, 3.63) is 106 Å². The third-order valence-corrected chi connectivity index (χ3v) is 4.46. The number of nitrogens with one attached hydrogen (secondary N) is 1. The van der Waals surface area contributed by atoms with Gasteiger partial charge in [-0.1, -0.05) is 66.2 Å². The third-order valence-electron chi connectivity index (χ3n) is 4.13. The topological polar surface area (TPSA) is 52.9 Å². The predicted octanol–water partition coefficient (Wildman–Crippen LogP) is 5.62. The van der Waals surface area contributed by atoms with Crippen molar-refractivity contribution in [3.63, 3.8) is 0 Å². The Labute approximate surface area is 167 Å². The lowest BCUT2D eigenvalue weighted by molar-refractivity contribution is -0.112. The number of benzene rings is 3. The molecule has 0 unspecified atom stereocenters. The average molecular weight is 391 g/mol. The molecule has 3 aromatic rings. The molecule has 0 aliphatic heterocycles. The Morgan fingerprint density at radius 3 is 2.39 bits per heavy atom. The molecule has 5 heteroatoms. The fourth-order valence-corrected chi connectivity index (χ4v) is 2.84. The lowest BCUT2D eigenvalue weighted by atomic mass is 10.0. The van der Waals surface area contributed by atoms with Crippen LogP contribution in [-0.2, 0) is 11.2 Å². The van der Waals surface area contributed by atoms with Gasteiger partial charge in [-0.2, -0.15) is 5.26 Å². The minimum Gasteiger partial charge on any atom is -0.320 e. The molecule has 3 rings (SSSR count). The molecule has 28 heavy (non-hydrogen) atoms. The van der Waals surface area contributed by atoms with Gasteiger partial charge in [0.05, 0.1) is 10.7 Å². The maximum absolute atomic E-state index is 13.8. The summed E-state index contributed by atoms with van der Waals surface area (Å²) in [6.07, 6.45) is 1.97. The molecule has 0 fully saturated rings.